The van der Waals surface area contributed by atoms with Gasteiger partial charge in [0.15, 0.2) is 0 Å². The van der Waals surface area contributed by atoms with Crippen molar-refractivity contribution in [2.45, 2.75) is 58.9 Å². The normalized spacial score (nSPS) is 16.7. The lowest BCUT2D eigenvalue weighted by Gasteiger charge is -2.40. The number of hydrogen-bond donors (Lipinski definition) is 2. The molecular formula is C33H46N8O2. The molecule has 0 spiro atoms. The number of piperazine rings is 1. The summed E-state index contributed by atoms with van der Waals surface area (Å²) in [6.07, 6.45) is 4.05. The summed E-state index contributed by atoms with van der Waals surface area (Å²) in [5, 5.41) is 7.26. The molecule has 1 saturated heterocycles. The second kappa shape index (κ2) is 12.8. The third-order valence-electron chi connectivity index (χ3n) is 8.11. The largest absolute Gasteiger partial charge is 0.493 e. The summed E-state index contributed by atoms with van der Waals surface area (Å²) in [4.78, 5) is 22.5. The van der Waals surface area contributed by atoms with E-state index in [0.29, 0.717) is 24.2 Å². The quantitative estimate of drug-likeness (QED) is 0.246. The molecule has 43 heavy (non-hydrogen) atoms. The summed E-state index contributed by atoms with van der Waals surface area (Å²) in [6.45, 7) is 15.8. The molecule has 1 fully saturated rings. The maximum Gasteiger partial charge on any atom is 0.348 e. The Hall–Kier alpha value is -3.89. The molecule has 10 heteroatoms. The molecule has 3 N–H and O–H groups in total. The number of carbonyl (C=O) groups excluding carboxylic acids is 1. The number of nitrogen functional groups attached to an aromatic ring is 1. The standard InChI is InChI=1S/C33H46N8O2/c1-23(2)18-26-21-39(16-15-38(26)6)14-7-17-43-27-12-13-29-28(19-27)35-22-40(29)25-10-8-24(9-11-25)36-32(42)41-31(34)20-30(37-41)33(3,4)5/h8-13,19-20,22-23,26H,7,14-18,21,34H2,1-6H3,(H,36,42)/t26-/m0/s1. The Bertz CT molecular complexity index is 1530. The molecule has 4 aromatic rings. The van der Waals surface area contributed by atoms with E-state index in [2.05, 4.69) is 46.1 Å². The summed E-state index contributed by atoms with van der Waals surface area (Å²) in [5.74, 6) is 1.86. The minimum Gasteiger partial charge on any atom is -0.493 e. The van der Waals surface area contributed by atoms with E-state index in [1.165, 1.54) is 11.1 Å². The molecule has 0 aliphatic carbocycles. The van der Waals surface area contributed by atoms with Crippen molar-refractivity contribution < 1.29 is 9.53 Å². The van der Waals surface area contributed by atoms with Crippen LogP contribution in [0, 0.1) is 5.92 Å². The zero-order valence-corrected chi connectivity index (χ0v) is 26.4. The van der Waals surface area contributed by atoms with E-state index in [9.17, 15) is 4.79 Å². The number of nitrogens with zero attached hydrogens (tertiary/aromatic N) is 6. The van der Waals surface area contributed by atoms with Gasteiger partial charge in [-0.2, -0.15) is 9.78 Å². The molecule has 2 aromatic heterocycles. The van der Waals surface area contributed by atoms with Crippen LogP contribution in [0.3, 0.4) is 0 Å². The number of hydrogen-bond acceptors (Lipinski definition) is 7. The van der Waals surface area contributed by atoms with Crippen LogP contribution in [0.5, 0.6) is 5.75 Å². The van der Waals surface area contributed by atoms with Crippen LogP contribution in [0.15, 0.2) is 54.9 Å². The van der Waals surface area contributed by atoms with Gasteiger partial charge < -0.3 is 25.6 Å². The lowest BCUT2D eigenvalue weighted by molar-refractivity contribution is 0.0797. The van der Waals surface area contributed by atoms with E-state index in [4.69, 9.17) is 10.5 Å². The molecule has 1 amide bonds. The fourth-order valence-corrected chi connectivity index (χ4v) is 5.58. The number of aromatic nitrogens is 4. The highest BCUT2D eigenvalue weighted by atomic mass is 16.5. The highest BCUT2D eigenvalue weighted by Crippen LogP contribution is 2.25. The van der Waals surface area contributed by atoms with Crippen LogP contribution < -0.4 is 15.8 Å². The number of nitrogens with two attached hydrogens (primary N) is 1. The van der Waals surface area contributed by atoms with Crippen molar-refractivity contribution in [2.24, 2.45) is 5.92 Å². The van der Waals surface area contributed by atoms with Gasteiger partial charge >= 0.3 is 6.03 Å². The van der Waals surface area contributed by atoms with E-state index in [-0.39, 0.29) is 5.41 Å². The predicted molar refractivity (Wildman–Crippen MR) is 173 cm³/mol. The molecule has 2 aromatic carbocycles. The molecule has 1 aliphatic rings. The minimum atomic E-state index is -0.403. The molecule has 5 rings (SSSR count). The molecule has 1 atom stereocenters. The first kappa shape index (κ1) is 30.6. The van der Waals surface area contributed by atoms with Gasteiger partial charge in [0.1, 0.15) is 17.9 Å². The van der Waals surface area contributed by atoms with Crippen molar-refractivity contribution in [3.63, 3.8) is 0 Å². The molecule has 3 heterocycles. The summed E-state index contributed by atoms with van der Waals surface area (Å²) >= 11 is 0. The Morgan fingerprint density at radius 1 is 1.12 bits per heavy atom. The Labute approximate surface area is 254 Å². The SMILES string of the molecule is CC(C)C[C@H]1CN(CCCOc2ccc3c(c2)ncn3-c2ccc(NC(=O)n3nc(C(C)(C)C)cc3N)cc2)CCN1C. The number of imidazole rings is 1. The molecular weight excluding hydrogens is 540 g/mol. The molecule has 230 valence electrons. The first-order chi connectivity index (χ1) is 20.5. The number of anilines is 2. The minimum absolute atomic E-state index is 0.205. The van der Waals surface area contributed by atoms with Crippen molar-refractivity contribution in [3.8, 4) is 11.4 Å². The van der Waals surface area contributed by atoms with Crippen LogP contribution in [0.1, 0.15) is 53.2 Å². The third kappa shape index (κ3) is 7.37. The monoisotopic (exact) mass is 586 g/mol. The van der Waals surface area contributed by atoms with Crippen LogP contribution in [0.25, 0.3) is 16.7 Å². The van der Waals surface area contributed by atoms with Crippen LogP contribution in [-0.4, -0.2) is 81.0 Å². The molecule has 0 bridgehead atoms. The maximum absolute atomic E-state index is 12.8. The third-order valence-corrected chi connectivity index (χ3v) is 8.11. The number of carbonyl (C=O) groups is 1. The van der Waals surface area contributed by atoms with Crippen LogP contribution in [-0.2, 0) is 5.41 Å². The van der Waals surface area contributed by atoms with E-state index in [1.807, 2.05) is 67.8 Å². The van der Waals surface area contributed by atoms with E-state index >= 15 is 0 Å². The summed E-state index contributed by atoms with van der Waals surface area (Å²) in [5.41, 5.74) is 10.0. The van der Waals surface area contributed by atoms with Crippen molar-refractivity contribution in [2.75, 3.05) is 50.9 Å². The highest BCUT2D eigenvalue weighted by molar-refractivity contribution is 5.92. The number of amides is 1. The number of nitrogens with one attached hydrogen (secondary N) is 1. The van der Waals surface area contributed by atoms with Gasteiger partial charge in [0.2, 0.25) is 0 Å². The second-order valence-corrected chi connectivity index (χ2v) is 13.1. The van der Waals surface area contributed by atoms with Crippen LogP contribution in [0.4, 0.5) is 16.3 Å². The van der Waals surface area contributed by atoms with Gasteiger partial charge in [0, 0.05) is 61.1 Å². The van der Waals surface area contributed by atoms with Crippen molar-refractivity contribution in [3.05, 3.63) is 60.6 Å². The average molecular weight is 587 g/mol. The second-order valence-electron chi connectivity index (χ2n) is 13.1. The maximum atomic E-state index is 12.8. The van der Waals surface area contributed by atoms with Crippen molar-refractivity contribution in [1.29, 1.82) is 0 Å². The van der Waals surface area contributed by atoms with Crippen LogP contribution >= 0.6 is 0 Å². The summed E-state index contributed by atoms with van der Waals surface area (Å²) < 4.78 is 9.33. The van der Waals surface area contributed by atoms with Crippen LogP contribution in [0.2, 0.25) is 0 Å². The topological polar surface area (TPSA) is 106 Å². The highest BCUT2D eigenvalue weighted by Gasteiger charge is 2.24. The van der Waals surface area contributed by atoms with E-state index in [1.54, 1.807) is 12.4 Å². The number of rotatable bonds is 9. The lowest BCUT2D eigenvalue weighted by Crippen LogP contribution is -2.52. The predicted octanol–water partition coefficient (Wildman–Crippen LogP) is 5.61. The zero-order chi connectivity index (χ0) is 30.7. The first-order valence-electron chi connectivity index (χ1n) is 15.3. The Kier molecular flexibility index (Phi) is 9.08. The number of benzene rings is 2. The Balaban J connectivity index is 1.15. The van der Waals surface area contributed by atoms with Gasteiger partial charge in [-0.05, 0) is 62.2 Å². The van der Waals surface area contributed by atoms with Gasteiger partial charge in [0.25, 0.3) is 0 Å². The lowest BCUT2D eigenvalue weighted by atomic mass is 9.92. The molecule has 10 nitrogen and oxygen atoms in total. The number of fused-ring (bicyclic) bond motifs is 1. The fraction of sp³-hybridized carbons (Fsp3) is 0.485. The molecule has 0 saturated carbocycles. The van der Waals surface area contributed by atoms with Gasteiger partial charge in [-0.25, -0.2) is 9.78 Å². The van der Waals surface area contributed by atoms with Gasteiger partial charge in [-0.1, -0.05) is 34.6 Å². The Morgan fingerprint density at radius 3 is 2.58 bits per heavy atom. The van der Waals surface area contributed by atoms with E-state index in [0.717, 1.165) is 66.7 Å². The van der Waals surface area contributed by atoms with E-state index < -0.39 is 6.03 Å². The van der Waals surface area contributed by atoms with Gasteiger partial charge in [0.05, 0.1) is 23.3 Å². The zero-order valence-electron chi connectivity index (χ0n) is 26.4. The van der Waals surface area contributed by atoms with Gasteiger partial charge in [-0.15, -0.1) is 0 Å². The molecule has 0 unspecified atom stereocenters. The van der Waals surface area contributed by atoms with Crippen molar-refractivity contribution >= 4 is 28.6 Å². The smallest absolute Gasteiger partial charge is 0.348 e. The summed E-state index contributed by atoms with van der Waals surface area (Å²) in [7, 11) is 2.25. The first-order valence-corrected chi connectivity index (χ1v) is 15.3. The number of ether oxygens (including phenoxy) is 1. The average Bonchev–Trinajstić information content (AvgIpc) is 3.56. The number of likely N-dealkylation sites (N-methyl/N-ethyl adjacent to an activating group) is 1. The molecule has 0 radical (unpaired) electrons. The van der Waals surface area contributed by atoms with Crippen molar-refractivity contribution in [1.82, 2.24) is 29.1 Å². The fourth-order valence-electron chi connectivity index (χ4n) is 5.58. The van der Waals surface area contributed by atoms with Gasteiger partial charge in [-0.3, -0.25) is 4.57 Å². The molecule has 1 aliphatic heterocycles. The Morgan fingerprint density at radius 2 is 1.88 bits per heavy atom. The summed E-state index contributed by atoms with van der Waals surface area (Å²) in [6, 6.07) is 15.6.